The number of nitrogens with zero attached hydrogens (tertiary/aromatic N) is 4. The summed E-state index contributed by atoms with van der Waals surface area (Å²) >= 11 is 0. The molecule has 2 rings (SSSR count). The van der Waals surface area contributed by atoms with Crippen LogP contribution in [0, 0.1) is 5.92 Å². The fourth-order valence-corrected chi connectivity index (χ4v) is 2.21. The molecule has 8 nitrogen and oxygen atoms in total. The van der Waals surface area contributed by atoms with Crippen LogP contribution in [-0.4, -0.2) is 56.6 Å². The predicted molar refractivity (Wildman–Crippen MR) is 70.5 cm³/mol. The Morgan fingerprint density at radius 2 is 2.20 bits per heavy atom. The van der Waals surface area contributed by atoms with Crippen molar-refractivity contribution in [2.45, 2.75) is 26.8 Å². The summed E-state index contributed by atoms with van der Waals surface area (Å²) in [4.78, 5) is 24.3. The maximum Gasteiger partial charge on any atom is 0.358 e. The first-order chi connectivity index (χ1) is 9.49. The van der Waals surface area contributed by atoms with Gasteiger partial charge in [0.25, 0.3) is 0 Å². The predicted octanol–water partition coefficient (Wildman–Crippen LogP) is 0.200. The summed E-state index contributed by atoms with van der Waals surface area (Å²) < 4.78 is 1.59. The van der Waals surface area contributed by atoms with E-state index in [2.05, 4.69) is 15.6 Å². The van der Waals surface area contributed by atoms with E-state index in [1.54, 1.807) is 9.58 Å². The molecule has 1 aromatic rings. The highest BCUT2D eigenvalue weighted by Crippen LogP contribution is 2.12. The van der Waals surface area contributed by atoms with E-state index in [0.717, 1.165) is 0 Å². The molecule has 1 fully saturated rings. The number of carbonyl (C=O) groups is 2. The molecule has 0 aromatic carbocycles. The summed E-state index contributed by atoms with van der Waals surface area (Å²) in [5.41, 5.74) is 0.622. The summed E-state index contributed by atoms with van der Waals surface area (Å²) in [5.74, 6) is -0.758. The molecular formula is C12H19N5O3. The molecule has 1 aromatic heterocycles. The van der Waals surface area contributed by atoms with Gasteiger partial charge in [0.15, 0.2) is 5.69 Å². The number of carboxylic acids is 1. The van der Waals surface area contributed by atoms with E-state index >= 15 is 0 Å². The van der Waals surface area contributed by atoms with Gasteiger partial charge in [0.2, 0.25) is 0 Å². The Hall–Kier alpha value is -2.12. The van der Waals surface area contributed by atoms with Crippen molar-refractivity contribution in [2.75, 3.05) is 19.6 Å². The molecule has 0 spiro atoms. The second-order valence-electron chi connectivity index (χ2n) is 5.23. The Bertz CT molecular complexity index is 511. The quantitative estimate of drug-likeness (QED) is 0.775. The number of hydrogen-bond donors (Lipinski definition) is 2. The number of aromatic carboxylic acids is 1. The van der Waals surface area contributed by atoms with Gasteiger partial charge in [-0.2, -0.15) is 0 Å². The van der Waals surface area contributed by atoms with Gasteiger partial charge in [0.05, 0.1) is 12.2 Å². The molecule has 110 valence electrons. The molecule has 1 aliphatic rings. The zero-order valence-electron chi connectivity index (χ0n) is 11.7. The van der Waals surface area contributed by atoms with Gasteiger partial charge >= 0.3 is 12.0 Å². The summed E-state index contributed by atoms with van der Waals surface area (Å²) in [6.45, 7) is 6.29. The second kappa shape index (κ2) is 5.89. The molecule has 0 aliphatic carbocycles. The lowest BCUT2D eigenvalue weighted by Crippen LogP contribution is -2.31. The van der Waals surface area contributed by atoms with E-state index in [0.29, 0.717) is 44.2 Å². The van der Waals surface area contributed by atoms with Gasteiger partial charge in [0, 0.05) is 19.6 Å². The Kier molecular flexibility index (Phi) is 4.21. The number of carboxylic acid groups (broad SMARTS) is 1. The van der Waals surface area contributed by atoms with Crippen molar-refractivity contribution in [1.82, 2.24) is 25.2 Å². The molecular weight excluding hydrogens is 262 g/mol. The third-order valence-corrected chi connectivity index (χ3v) is 3.17. The van der Waals surface area contributed by atoms with Crippen molar-refractivity contribution in [2.24, 2.45) is 5.92 Å². The normalized spacial score (nSPS) is 14.9. The number of aromatic nitrogens is 3. The molecule has 0 radical (unpaired) electrons. The average Bonchev–Trinajstić information content (AvgIpc) is 2.93. The van der Waals surface area contributed by atoms with Gasteiger partial charge in [-0.05, 0) is 12.3 Å². The largest absolute Gasteiger partial charge is 0.476 e. The standard InChI is InChI=1S/C12H19N5O3/c1-8(2)7-9-10(11(18)19)14-15-17(9)6-5-16-4-3-13-12(16)20/h8H,3-7H2,1-2H3,(H,13,20)(H,18,19). The number of amides is 2. The van der Waals surface area contributed by atoms with Crippen molar-refractivity contribution in [1.29, 1.82) is 0 Å². The van der Waals surface area contributed by atoms with E-state index < -0.39 is 5.97 Å². The van der Waals surface area contributed by atoms with Crippen LogP contribution < -0.4 is 5.32 Å². The van der Waals surface area contributed by atoms with Crippen LogP contribution in [0.4, 0.5) is 4.79 Å². The van der Waals surface area contributed by atoms with Crippen LogP contribution in [0.2, 0.25) is 0 Å². The Balaban J connectivity index is 2.10. The Morgan fingerprint density at radius 1 is 1.45 bits per heavy atom. The van der Waals surface area contributed by atoms with Crippen molar-refractivity contribution < 1.29 is 14.7 Å². The zero-order valence-corrected chi connectivity index (χ0v) is 11.7. The summed E-state index contributed by atoms with van der Waals surface area (Å²) in [7, 11) is 0. The Labute approximate surface area is 116 Å². The van der Waals surface area contributed by atoms with Crippen molar-refractivity contribution in [3.05, 3.63) is 11.4 Å². The molecule has 0 bridgehead atoms. The van der Waals surface area contributed by atoms with Gasteiger partial charge in [-0.25, -0.2) is 14.3 Å². The average molecular weight is 281 g/mol. The molecule has 0 unspecified atom stereocenters. The molecule has 8 heteroatoms. The van der Waals surface area contributed by atoms with E-state index in [9.17, 15) is 9.59 Å². The van der Waals surface area contributed by atoms with Crippen LogP contribution in [0.1, 0.15) is 30.0 Å². The summed E-state index contributed by atoms with van der Waals surface area (Å²) in [6.07, 6.45) is 0.598. The molecule has 2 amide bonds. The Morgan fingerprint density at radius 3 is 2.75 bits per heavy atom. The zero-order chi connectivity index (χ0) is 14.7. The molecule has 1 aliphatic heterocycles. The van der Waals surface area contributed by atoms with Crippen LogP contribution in [0.25, 0.3) is 0 Å². The van der Waals surface area contributed by atoms with Crippen LogP contribution in [0.15, 0.2) is 0 Å². The summed E-state index contributed by atoms with van der Waals surface area (Å²) in [5, 5.41) is 19.5. The molecule has 0 atom stereocenters. The van der Waals surface area contributed by atoms with E-state index in [1.807, 2.05) is 13.8 Å². The molecule has 0 saturated carbocycles. The maximum atomic E-state index is 11.4. The first-order valence-electron chi connectivity index (χ1n) is 6.67. The van der Waals surface area contributed by atoms with E-state index in [1.165, 1.54) is 0 Å². The minimum Gasteiger partial charge on any atom is -0.476 e. The topological polar surface area (TPSA) is 100 Å². The van der Waals surface area contributed by atoms with Crippen molar-refractivity contribution in [3.8, 4) is 0 Å². The highest BCUT2D eigenvalue weighted by molar-refractivity contribution is 5.86. The first kappa shape index (κ1) is 14.3. The van der Waals surface area contributed by atoms with Gasteiger partial charge in [-0.15, -0.1) is 5.10 Å². The molecule has 2 heterocycles. The lowest BCUT2D eigenvalue weighted by Gasteiger charge is -2.15. The second-order valence-corrected chi connectivity index (χ2v) is 5.23. The van der Waals surface area contributed by atoms with Crippen LogP contribution in [0.5, 0.6) is 0 Å². The van der Waals surface area contributed by atoms with Crippen molar-refractivity contribution >= 4 is 12.0 Å². The number of carbonyl (C=O) groups excluding carboxylic acids is 1. The van der Waals surface area contributed by atoms with E-state index in [-0.39, 0.29) is 11.7 Å². The molecule has 1 saturated heterocycles. The smallest absolute Gasteiger partial charge is 0.358 e. The van der Waals surface area contributed by atoms with Gasteiger partial charge < -0.3 is 15.3 Å². The highest BCUT2D eigenvalue weighted by atomic mass is 16.4. The third-order valence-electron chi connectivity index (χ3n) is 3.17. The van der Waals surface area contributed by atoms with Gasteiger partial charge in [-0.1, -0.05) is 19.1 Å². The number of rotatable bonds is 6. The van der Waals surface area contributed by atoms with Crippen molar-refractivity contribution in [3.63, 3.8) is 0 Å². The molecule has 2 N–H and O–H groups in total. The minimum absolute atomic E-state index is 0.00423. The van der Waals surface area contributed by atoms with Crippen LogP contribution in [0.3, 0.4) is 0 Å². The lowest BCUT2D eigenvalue weighted by molar-refractivity contribution is 0.0689. The van der Waals surface area contributed by atoms with Crippen LogP contribution in [-0.2, 0) is 13.0 Å². The monoisotopic (exact) mass is 281 g/mol. The minimum atomic E-state index is -1.06. The SMILES string of the molecule is CC(C)Cc1c(C(=O)O)nnn1CCN1CCNC1=O. The first-order valence-corrected chi connectivity index (χ1v) is 6.67. The van der Waals surface area contributed by atoms with Gasteiger partial charge in [0.1, 0.15) is 0 Å². The lowest BCUT2D eigenvalue weighted by atomic mass is 10.1. The fraction of sp³-hybridized carbons (Fsp3) is 0.667. The number of hydrogen-bond acceptors (Lipinski definition) is 4. The maximum absolute atomic E-state index is 11.4. The van der Waals surface area contributed by atoms with Gasteiger partial charge in [-0.3, -0.25) is 0 Å². The number of nitrogens with one attached hydrogen (secondary N) is 1. The van der Waals surface area contributed by atoms with E-state index in [4.69, 9.17) is 5.11 Å². The van der Waals surface area contributed by atoms with Crippen LogP contribution >= 0.6 is 0 Å². The third kappa shape index (κ3) is 3.06. The number of urea groups is 1. The fourth-order valence-electron chi connectivity index (χ4n) is 2.21. The highest BCUT2D eigenvalue weighted by Gasteiger charge is 2.22. The summed E-state index contributed by atoms with van der Waals surface area (Å²) in [6, 6.07) is -0.0889. The molecule has 20 heavy (non-hydrogen) atoms.